The fraction of sp³-hybridized carbons (Fsp3) is 0.424. The SMILES string of the molecule is CCCCCCCCOc1ccc(C2Oc3ccc(Br)cc3C3CC(c4ccc(OC(C)C)cc4)=NN32)cc1. The predicted molar refractivity (Wildman–Crippen MR) is 161 cm³/mol. The molecule has 5 rings (SSSR count). The molecule has 0 amide bonds. The number of hydrogen-bond acceptors (Lipinski definition) is 5. The van der Waals surface area contributed by atoms with Gasteiger partial charge in [0.1, 0.15) is 17.2 Å². The molecule has 2 unspecified atom stereocenters. The Morgan fingerprint density at radius 3 is 2.38 bits per heavy atom. The highest BCUT2D eigenvalue weighted by Crippen LogP contribution is 2.48. The molecule has 0 saturated carbocycles. The minimum absolute atomic E-state index is 0.0986. The third-order valence-electron chi connectivity index (χ3n) is 7.24. The average Bonchev–Trinajstić information content (AvgIpc) is 3.39. The number of ether oxygens (including phenoxy) is 3. The van der Waals surface area contributed by atoms with E-state index in [9.17, 15) is 0 Å². The molecule has 0 spiro atoms. The van der Waals surface area contributed by atoms with Crippen LogP contribution in [-0.2, 0) is 0 Å². The second-order valence-corrected chi connectivity index (χ2v) is 11.6. The van der Waals surface area contributed by atoms with Crippen molar-refractivity contribution >= 4 is 21.6 Å². The first kappa shape index (κ1) is 27.6. The maximum Gasteiger partial charge on any atom is 0.213 e. The van der Waals surface area contributed by atoms with Crippen molar-refractivity contribution in [1.82, 2.24) is 5.01 Å². The van der Waals surface area contributed by atoms with Gasteiger partial charge in [0, 0.05) is 22.0 Å². The van der Waals surface area contributed by atoms with Gasteiger partial charge in [-0.1, -0.05) is 55.0 Å². The lowest BCUT2D eigenvalue weighted by Crippen LogP contribution is -2.33. The molecule has 3 aromatic carbocycles. The van der Waals surface area contributed by atoms with Crippen LogP contribution in [-0.4, -0.2) is 23.4 Å². The maximum atomic E-state index is 6.56. The molecule has 39 heavy (non-hydrogen) atoms. The van der Waals surface area contributed by atoms with E-state index >= 15 is 0 Å². The molecule has 0 radical (unpaired) electrons. The Kier molecular flexibility index (Phi) is 9.13. The Morgan fingerprint density at radius 2 is 1.64 bits per heavy atom. The number of rotatable bonds is 12. The van der Waals surface area contributed by atoms with Gasteiger partial charge in [0.2, 0.25) is 6.23 Å². The summed E-state index contributed by atoms with van der Waals surface area (Å²) in [7, 11) is 0. The van der Waals surface area contributed by atoms with Crippen LogP contribution in [0.2, 0.25) is 0 Å². The molecule has 0 fully saturated rings. The van der Waals surface area contributed by atoms with Gasteiger partial charge in [0.25, 0.3) is 0 Å². The number of fused-ring (bicyclic) bond motifs is 3. The van der Waals surface area contributed by atoms with Crippen molar-refractivity contribution in [3.05, 3.63) is 87.9 Å². The minimum Gasteiger partial charge on any atom is -0.494 e. The monoisotopic (exact) mass is 590 g/mol. The summed E-state index contributed by atoms with van der Waals surface area (Å²) in [5, 5.41) is 7.23. The van der Waals surface area contributed by atoms with Crippen LogP contribution in [0.25, 0.3) is 0 Å². The summed E-state index contributed by atoms with van der Waals surface area (Å²) < 4.78 is 19.5. The molecular formula is C33H39BrN2O3. The van der Waals surface area contributed by atoms with E-state index < -0.39 is 0 Å². The molecule has 2 aliphatic rings. The summed E-state index contributed by atoms with van der Waals surface area (Å²) in [6.07, 6.45) is 8.21. The molecule has 0 aromatic heterocycles. The predicted octanol–water partition coefficient (Wildman–Crippen LogP) is 9.22. The molecule has 0 aliphatic carbocycles. The van der Waals surface area contributed by atoms with Gasteiger partial charge in [-0.2, -0.15) is 5.10 Å². The van der Waals surface area contributed by atoms with E-state index in [0.29, 0.717) is 0 Å². The fourth-order valence-electron chi connectivity index (χ4n) is 5.25. The van der Waals surface area contributed by atoms with Crippen molar-refractivity contribution in [2.24, 2.45) is 5.10 Å². The first-order valence-electron chi connectivity index (χ1n) is 14.3. The highest BCUT2D eigenvalue weighted by Gasteiger charge is 2.41. The van der Waals surface area contributed by atoms with E-state index in [-0.39, 0.29) is 18.4 Å². The molecule has 2 atom stereocenters. The number of halogens is 1. The fourth-order valence-corrected chi connectivity index (χ4v) is 5.63. The van der Waals surface area contributed by atoms with Gasteiger partial charge in [-0.3, -0.25) is 0 Å². The molecule has 2 heterocycles. The van der Waals surface area contributed by atoms with Gasteiger partial charge in [0.05, 0.1) is 24.5 Å². The number of hydrazone groups is 1. The first-order chi connectivity index (χ1) is 19.0. The van der Waals surface area contributed by atoms with Gasteiger partial charge in [-0.15, -0.1) is 0 Å². The Balaban J connectivity index is 1.31. The Labute approximate surface area is 241 Å². The van der Waals surface area contributed by atoms with E-state index in [4.69, 9.17) is 19.3 Å². The van der Waals surface area contributed by atoms with E-state index in [0.717, 1.165) is 63.6 Å². The van der Waals surface area contributed by atoms with Crippen LogP contribution < -0.4 is 14.2 Å². The number of unbranched alkanes of at least 4 members (excludes halogenated alkanes) is 5. The second-order valence-electron chi connectivity index (χ2n) is 10.7. The summed E-state index contributed by atoms with van der Waals surface area (Å²) in [5.74, 6) is 2.68. The Morgan fingerprint density at radius 1 is 0.923 bits per heavy atom. The van der Waals surface area contributed by atoms with E-state index in [1.807, 2.05) is 32.0 Å². The van der Waals surface area contributed by atoms with Gasteiger partial charge >= 0.3 is 0 Å². The van der Waals surface area contributed by atoms with Crippen molar-refractivity contribution in [3.63, 3.8) is 0 Å². The van der Waals surface area contributed by atoms with Gasteiger partial charge in [-0.05, 0) is 92.6 Å². The highest BCUT2D eigenvalue weighted by molar-refractivity contribution is 9.10. The van der Waals surface area contributed by atoms with Crippen molar-refractivity contribution in [2.75, 3.05) is 6.61 Å². The smallest absolute Gasteiger partial charge is 0.213 e. The van der Waals surface area contributed by atoms with Crippen LogP contribution in [0.5, 0.6) is 17.2 Å². The van der Waals surface area contributed by atoms with E-state index in [1.165, 1.54) is 32.1 Å². The maximum absolute atomic E-state index is 6.56. The summed E-state index contributed by atoms with van der Waals surface area (Å²) in [5.41, 5.74) is 4.37. The summed E-state index contributed by atoms with van der Waals surface area (Å²) in [6.45, 7) is 7.09. The normalized spacial score (nSPS) is 17.9. The zero-order valence-electron chi connectivity index (χ0n) is 23.2. The molecule has 206 valence electrons. The standard InChI is InChI=1S/C33H39BrN2O3/c1-4-5-6-7-8-9-20-37-27-15-12-25(13-16-27)33-36-31(29-21-26(34)14-19-32(29)39-33)22-30(35-36)24-10-17-28(18-11-24)38-23(2)3/h10-19,21,23,31,33H,4-9,20,22H2,1-3H3. The molecule has 6 heteroatoms. The van der Waals surface area contributed by atoms with Gasteiger partial charge < -0.3 is 14.2 Å². The van der Waals surface area contributed by atoms with Crippen LogP contribution in [0.3, 0.4) is 0 Å². The molecule has 0 saturated heterocycles. The third-order valence-corrected chi connectivity index (χ3v) is 7.74. The summed E-state index contributed by atoms with van der Waals surface area (Å²) in [4.78, 5) is 0. The zero-order chi connectivity index (χ0) is 27.2. The van der Waals surface area contributed by atoms with E-state index in [2.05, 4.69) is 76.4 Å². The number of benzene rings is 3. The van der Waals surface area contributed by atoms with Crippen LogP contribution in [0, 0.1) is 0 Å². The Hall–Kier alpha value is -2.99. The minimum atomic E-state index is -0.308. The Bertz CT molecular complexity index is 1260. The lowest BCUT2D eigenvalue weighted by atomic mass is 9.96. The first-order valence-corrected chi connectivity index (χ1v) is 15.1. The van der Waals surface area contributed by atoms with Crippen molar-refractivity contribution in [2.45, 2.75) is 84.1 Å². The van der Waals surface area contributed by atoms with Crippen LogP contribution >= 0.6 is 15.9 Å². The van der Waals surface area contributed by atoms with Gasteiger partial charge in [0.15, 0.2) is 0 Å². The molecular weight excluding hydrogens is 552 g/mol. The van der Waals surface area contributed by atoms with E-state index in [1.54, 1.807) is 0 Å². The quantitative estimate of drug-likeness (QED) is 0.197. The van der Waals surface area contributed by atoms with Crippen molar-refractivity contribution < 1.29 is 14.2 Å². The van der Waals surface area contributed by atoms with Crippen molar-refractivity contribution in [1.29, 1.82) is 0 Å². The highest BCUT2D eigenvalue weighted by atomic mass is 79.9. The lowest BCUT2D eigenvalue weighted by molar-refractivity contribution is -0.0191. The molecule has 3 aromatic rings. The van der Waals surface area contributed by atoms with Crippen LogP contribution in [0.1, 0.15) is 94.7 Å². The molecule has 5 nitrogen and oxygen atoms in total. The van der Waals surface area contributed by atoms with Crippen LogP contribution in [0.15, 0.2) is 76.3 Å². The molecule has 0 N–H and O–H groups in total. The zero-order valence-corrected chi connectivity index (χ0v) is 24.8. The average molecular weight is 592 g/mol. The van der Waals surface area contributed by atoms with Crippen molar-refractivity contribution in [3.8, 4) is 17.2 Å². The largest absolute Gasteiger partial charge is 0.494 e. The second kappa shape index (κ2) is 12.9. The summed E-state index contributed by atoms with van der Waals surface area (Å²) >= 11 is 3.64. The molecule has 0 bridgehead atoms. The summed E-state index contributed by atoms with van der Waals surface area (Å²) in [6, 6.07) is 22.9. The lowest BCUT2D eigenvalue weighted by Gasteiger charge is -2.38. The third kappa shape index (κ3) is 6.78. The molecule has 2 aliphatic heterocycles. The van der Waals surface area contributed by atoms with Crippen LogP contribution in [0.4, 0.5) is 0 Å². The topological polar surface area (TPSA) is 43.3 Å². The van der Waals surface area contributed by atoms with Gasteiger partial charge in [-0.25, -0.2) is 5.01 Å². The number of nitrogens with zero attached hydrogens (tertiary/aromatic N) is 2. The number of hydrogen-bond donors (Lipinski definition) is 0.